The van der Waals surface area contributed by atoms with Gasteiger partial charge in [0, 0.05) is 30.5 Å². The number of fused-ring (bicyclic) bond motifs is 1. The molecule has 2 rings (SSSR count). The minimum Gasteiger partial charge on any atom is -0.382 e. The zero-order valence-electron chi connectivity index (χ0n) is 10.7. The number of rotatable bonds is 7. The highest BCUT2D eigenvalue weighted by Crippen LogP contribution is 2.21. The van der Waals surface area contributed by atoms with Gasteiger partial charge in [-0.05, 0) is 28.1 Å². The largest absolute Gasteiger partial charge is 0.382 e. The molecule has 0 bridgehead atoms. The van der Waals surface area contributed by atoms with Crippen molar-refractivity contribution in [1.29, 1.82) is 0 Å². The van der Waals surface area contributed by atoms with Crippen molar-refractivity contribution in [3.05, 3.63) is 29.0 Å². The van der Waals surface area contributed by atoms with Crippen LogP contribution in [0.5, 0.6) is 0 Å². The van der Waals surface area contributed by atoms with E-state index in [1.54, 1.807) is 19.5 Å². The Morgan fingerprint density at radius 1 is 1.26 bits per heavy atom. The summed E-state index contributed by atoms with van der Waals surface area (Å²) in [6.07, 6.45) is 3.54. The highest BCUT2D eigenvalue weighted by atomic mass is 79.9. The molecule has 0 aliphatic carbocycles. The molecule has 0 saturated carbocycles. The van der Waals surface area contributed by atoms with Gasteiger partial charge in [-0.3, -0.25) is 9.97 Å². The van der Waals surface area contributed by atoms with Gasteiger partial charge in [-0.2, -0.15) is 0 Å². The molecule has 0 fully saturated rings. The van der Waals surface area contributed by atoms with Crippen LogP contribution in [-0.2, 0) is 9.47 Å². The summed E-state index contributed by atoms with van der Waals surface area (Å²) in [7, 11) is 1.66. The first-order valence-electron chi connectivity index (χ1n) is 6.02. The third-order valence-electron chi connectivity index (χ3n) is 2.54. The van der Waals surface area contributed by atoms with E-state index >= 15 is 0 Å². The maximum absolute atomic E-state index is 5.40. The summed E-state index contributed by atoms with van der Waals surface area (Å²) in [5.41, 5.74) is 2.69. The highest BCUT2D eigenvalue weighted by molar-refractivity contribution is 9.10. The second-order valence-corrected chi connectivity index (χ2v) is 4.83. The van der Waals surface area contributed by atoms with Crippen LogP contribution in [0.3, 0.4) is 0 Å². The summed E-state index contributed by atoms with van der Waals surface area (Å²) < 4.78 is 11.2. The fourth-order valence-corrected chi connectivity index (χ4v) is 1.97. The minimum atomic E-state index is 0.612. The first kappa shape index (κ1) is 14.2. The minimum absolute atomic E-state index is 0.612. The van der Waals surface area contributed by atoms with Gasteiger partial charge in [0.25, 0.3) is 0 Å². The van der Waals surface area contributed by atoms with Crippen molar-refractivity contribution in [2.45, 2.75) is 0 Å². The lowest BCUT2D eigenvalue weighted by molar-refractivity contribution is 0.0759. The molecule has 0 saturated heterocycles. The Labute approximate surface area is 120 Å². The second-order valence-electron chi connectivity index (χ2n) is 3.91. The molecule has 0 aromatic carbocycles. The Bertz CT molecular complexity index is 536. The van der Waals surface area contributed by atoms with E-state index in [4.69, 9.17) is 9.47 Å². The predicted molar refractivity (Wildman–Crippen MR) is 78.4 cm³/mol. The summed E-state index contributed by atoms with van der Waals surface area (Å²) in [4.78, 5) is 8.67. The van der Waals surface area contributed by atoms with E-state index in [1.807, 2.05) is 12.1 Å². The van der Waals surface area contributed by atoms with Crippen LogP contribution in [0, 0.1) is 0 Å². The molecule has 0 aliphatic heterocycles. The Hall–Kier alpha value is -1.24. The van der Waals surface area contributed by atoms with Crippen molar-refractivity contribution in [1.82, 2.24) is 9.97 Å². The number of ether oxygens (including phenoxy) is 2. The van der Waals surface area contributed by atoms with Gasteiger partial charge in [0.15, 0.2) is 0 Å². The Kier molecular flexibility index (Phi) is 5.50. The van der Waals surface area contributed by atoms with Crippen molar-refractivity contribution >= 4 is 32.7 Å². The van der Waals surface area contributed by atoms with Crippen LogP contribution in [0.2, 0.25) is 0 Å². The molecule has 6 heteroatoms. The highest BCUT2D eigenvalue weighted by Gasteiger charge is 2.03. The van der Waals surface area contributed by atoms with Crippen molar-refractivity contribution < 1.29 is 9.47 Å². The van der Waals surface area contributed by atoms with Gasteiger partial charge in [0.2, 0.25) is 0 Å². The number of hydrogen-bond acceptors (Lipinski definition) is 5. The van der Waals surface area contributed by atoms with Crippen LogP contribution in [0.4, 0.5) is 5.69 Å². The SMILES string of the molecule is COCCOCCNc1ccnc2cc(Br)cnc12. The molecular weight excluding hydrogens is 310 g/mol. The quantitative estimate of drug-likeness (QED) is 0.792. The summed E-state index contributed by atoms with van der Waals surface area (Å²) in [5.74, 6) is 0. The number of methoxy groups -OCH3 is 1. The molecular formula is C13H16BrN3O2. The Morgan fingerprint density at radius 3 is 3.00 bits per heavy atom. The number of nitrogens with zero attached hydrogens (tertiary/aromatic N) is 2. The Morgan fingerprint density at radius 2 is 2.16 bits per heavy atom. The van der Waals surface area contributed by atoms with Crippen LogP contribution >= 0.6 is 15.9 Å². The molecule has 2 aromatic rings. The summed E-state index contributed by atoms with van der Waals surface area (Å²) in [6.45, 7) is 2.58. The van der Waals surface area contributed by atoms with Crippen molar-refractivity contribution in [3.63, 3.8) is 0 Å². The standard InChI is InChI=1S/C13H16BrN3O2/c1-18-6-7-19-5-4-16-11-2-3-15-12-8-10(14)9-17-13(11)12/h2-3,8-9H,4-7H2,1H3,(H,15,16). The van der Waals surface area contributed by atoms with Crippen molar-refractivity contribution in [2.75, 3.05) is 38.8 Å². The normalized spacial score (nSPS) is 10.8. The van der Waals surface area contributed by atoms with E-state index in [0.717, 1.165) is 27.7 Å². The molecule has 0 atom stereocenters. The van der Waals surface area contributed by atoms with Crippen LogP contribution < -0.4 is 5.32 Å². The van der Waals surface area contributed by atoms with Crippen LogP contribution in [0.25, 0.3) is 11.0 Å². The molecule has 102 valence electrons. The van der Waals surface area contributed by atoms with Crippen molar-refractivity contribution in [3.8, 4) is 0 Å². The summed E-state index contributed by atoms with van der Waals surface area (Å²) in [5, 5.41) is 3.30. The van der Waals surface area contributed by atoms with Gasteiger partial charge in [-0.15, -0.1) is 0 Å². The predicted octanol–water partition coefficient (Wildman–Crippen LogP) is 2.47. The smallest absolute Gasteiger partial charge is 0.112 e. The van der Waals surface area contributed by atoms with E-state index in [0.29, 0.717) is 19.8 Å². The van der Waals surface area contributed by atoms with Gasteiger partial charge in [0.1, 0.15) is 5.52 Å². The van der Waals surface area contributed by atoms with Crippen LogP contribution in [-0.4, -0.2) is 43.4 Å². The van der Waals surface area contributed by atoms with Gasteiger partial charge < -0.3 is 14.8 Å². The summed E-state index contributed by atoms with van der Waals surface area (Å²) >= 11 is 3.39. The van der Waals surface area contributed by atoms with Crippen LogP contribution in [0.15, 0.2) is 29.0 Å². The third-order valence-corrected chi connectivity index (χ3v) is 2.97. The average molecular weight is 326 g/mol. The molecule has 2 heterocycles. The number of anilines is 1. The number of pyridine rings is 2. The molecule has 0 spiro atoms. The number of aromatic nitrogens is 2. The topological polar surface area (TPSA) is 56.3 Å². The maximum Gasteiger partial charge on any atom is 0.112 e. The van der Waals surface area contributed by atoms with Gasteiger partial charge in [-0.1, -0.05) is 0 Å². The van der Waals surface area contributed by atoms with Crippen molar-refractivity contribution in [2.24, 2.45) is 0 Å². The van der Waals surface area contributed by atoms with E-state index < -0.39 is 0 Å². The van der Waals surface area contributed by atoms with E-state index in [1.165, 1.54) is 0 Å². The fraction of sp³-hybridized carbons (Fsp3) is 0.385. The number of hydrogen-bond donors (Lipinski definition) is 1. The Balaban J connectivity index is 1.93. The summed E-state index contributed by atoms with van der Waals surface area (Å²) in [6, 6.07) is 3.86. The zero-order chi connectivity index (χ0) is 13.5. The first-order valence-corrected chi connectivity index (χ1v) is 6.81. The molecule has 0 amide bonds. The molecule has 2 aromatic heterocycles. The maximum atomic E-state index is 5.40. The lowest BCUT2D eigenvalue weighted by atomic mass is 10.3. The van der Waals surface area contributed by atoms with Crippen LogP contribution in [0.1, 0.15) is 0 Å². The first-order chi connectivity index (χ1) is 9.31. The molecule has 5 nitrogen and oxygen atoms in total. The van der Waals surface area contributed by atoms with E-state index in [-0.39, 0.29) is 0 Å². The molecule has 19 heavy (non-hydrogen) atoms. The number of halogens is 1. The zero-order valence-corrected chi connectivity index (χ0v) is 12.3. The van der Waals surface area contributed by atoms with Gasteiger partial charge in [-0.25, -0.2) is 0 Å². The van der Waals surface area contributed by atoms with Gasteiger partial charge >= 0.3 is 0 Å². The van der Waals surface area contributed by atoms with E-state index in [2.05, 4.69) is 31.2 Å². The van der Waals surface area contributed by atoms with Gasteiger partial charge in [0.05, 0.1) is 31.0 Å². The second kappa shape index (κ2) is 7.37. The molecule has 0 radical (unpaired) electrons. The van der Waals surface area contributed by atoms with E-state index in [9.17, 15) is 0 Å². The lowest BCUT2D eigenvalue weighted by Crippen LogP contribution is -2.12. The molecule has 1 N–H and O–H groups in total. The molecule has 0 aliphatic rings. The fourth-order valence-electron chi connectivity index (χ4n) is 1.65. The number of nitrogens with one attached hydrogen (secondary N) is 1. The monoisotopic (exact) mass is 325 g/mol. The third kappa shape index (κ3) is 4.12. The average Bonchev–Trinajstić information content (AvgIpc) is 2.42. The lowest BCUT2D eigenvalue weighted by Gasteiger charge is -2.09. The molecule has 0 unspecified atom stereocenters.